The Balaban J connectivity index is 1.85. The second-order valence-electron chi connectivity index (χ2n) is 4.64. The van der Waals surface area contributed by atoms with Crippen LogP contribution in [-0.2, 0) is 0 Å². The van der Waals surface area contributed by atoms with Crippen LogP contribution in [0.1, 0.15) is 10.6 Å². The normalized spacial score (nSPS) is 10.3. The molecule has 0 saturated heterocycles. The Morgan fingerprint density at radius 3 is 2.29 bits per heavy atom. The number of carbonyl (C=O) groups is 1. The van der Waals surface area contributed by atoms with Crippen molar-refractivity contribution in [2.45, 2.75) is 0 Å². The number of nitrogens with zero attached hydrogens (tertiary/aromatic N) is 2. The highest BCUT2D eigenvalue weighted by atomic mass is 16.5. The summed E-state index contributed by atoms with van der Waals surface area (Å²) in [6.07, 6.45) is 0. The summed E-state index contributed by atoms with van der Waals surface area (Å²) >= 11 is 0. The predicted molar refractivity (Wildman–Crippen MR) is 81.1 cm³/mol. The minimum absolute atomic E-state index is 0.222. The van der Waals surface area contributed by atoms with Crippen LogP contribution in [0.4, 0.5) is 5.69 Å². The van der Waals surface area contributed by atoms with Gasteiger partial charge >= 0.3 is 0 Å². The van der Waals surface area contributed by atoms with Crippen LogP contribution in [0, 0.1) is 0 Å². The summed E-state index contributed by atoms with van der Waals surface area (Å²) in [7, 11) is 1.71. The van der Waals surface area contributed by atoms with Gasteiger partial charge in [-0.1, -0.05) is 53.7 Å². The van der Waals surface area contributed by atoms with Crippen molar-refractivity contribution in [3.63, 3.8) is 0 Å². The second-order valence-corrected chi connectivity index (χ2v) is 4.64. The summed E-state index contributed by atoms with van der Waals surface area (Å²) in [5.41, 5.74) is 2.38. The molecule has 3 aromatic rings. The molecule has 0 unspecified atom stereocenters. The lowest BCUT2D eigenvalue weighted by atomic mass is 10.1. The van der Waals surface area contributed by atoms with Crippen molar-refractivity contribution in [2.75, 3.05) is 11.9 Å². The van der Waals surface area contributed by atoms with E-state index in [4.69, 9.17) is 4.52 Å². The monoisotopic (exact) mass is 278 g/mol. The molecular formula is C17H14N2O2. The molecule has 0 N–H and O–H groups in total. The third-order valence-electron chi connectivity index (χ3n) is 3.24. The molecule has 1 aromatic heterocycles. The van der Waals surface area contributed by atoms with Crippen LogP contribution in [0.5, 0.6) is 0 Å². The van der Waals surface area contributed by atoms with Gasteiger partial charge in [-0.3, -0.25) is 4.79 Å². The first-order chi connectivity index (χ1) is 10.3. The molecule has 2 aromatic carbocycles. The highest BCUT2D eigenvalue weighted by Crippen LogP contribution is 2.21. The van der Waals surface area contributed by atoms with Crippen LogP contribution < -0.4 is 4.90 Å². The Morgan fingerprint density at radius 1 is 1.00 bits per heavy atom. The van der Waals surface area contributed by atoms with Gasteiger partial charge < -0.3 is 9.42 Å². The maximum atomic E-state index is 12.4. The van der Waals surface area contributed by atoms with Gasteiger partial charge in [0.05, 0.1) is 0 Å². The molecule has 0 radical (unpaired) electrons. The van der Waals surface area contributed by atoms with Crippen LogP contribution in [0.15, 0.2) is 71.3 Å². The number of benzene rings is 2. The first kappa shape index (κ1) is 13.1. The fourth-order valence-electron chi connectivity index (χ4n) is 2.06. The number of carbonyl (C=O) groups excluding carboxylic acids is 1. The Kier molecular flexibility index (Phi) is 3.51. The molecular weight excluding hydrogens is 264 g/mol. The quantitative estimate of drug-likeness (QED) is 0.735. The minimum atomic E-state index is -0.226. The molecule has 0 aliphatic carbocycles. The highest BCUT2D eigenvalue weighted by molar-refractivity contribution is 6.04. The Hall–Kier alpha value is -2.88. The Bertz CT molecular complexity index is 736. The average Bonchev–Trinajstić information content (AvgIpc) is 3.05. The molecule has 0 aliphatic rings. The van der Waals surface area contributed by atoms with Gasteiger partial charge in [0.15, 0.2) is 0 Å². The molecule has 0 spiro atoms. The van der Waals surface area contributed by atoms with E-state index < -0.39 is 0 Å². The zero-order valence-electron chi connectivity index (χ0n) is 11.6. The molecule has 0 fully saturated rings. The Morgan fingerprint density at radius 2 is 1.62 bits per heavy atom. The second kappa shape index (κ2) is 5.63. The maximum Gasteiger partial charge on any atom is 0.296 e. The summed E-state index contributed by atoms with van der Waals surface area (Å²) < 4.78 is 5.18. The fraction of sp³-hybridized carbons (Fsp3) is 0.0588. The largest absolute Gasteiger partial charge is 0.350 e. The number of para-hydroxylation sites is 1. The Labute approximate surface area is 122 Å². The summed E-state index contributed by atoms with van der Waals surface area (Å²) in [6.45, 7) is 0. The summed E-state index contributed by atoms with van der Waals surface area (Å²) in [4.78, 5) is 13.9. The molecule has 0 atom stereocenters. The van der Waals surface area contributed by atoms with E-state index in [2.05, 4.69) is 5.16 Å². The SMILES string of the molecule is CN(C(=O)c1cc(-c2ccccc2)no1)c1ccccc1. The summed E-state index contributed by atoms with van der Waals surface area (Å²) in [6, 6.07) is 20.7. The van der Waals surface area contributed by atoms with Gasteiger partial charge in [-0.15, -0.1) is 0 Å². The first-order valence-electron chi connectivity index (χ1n) is 6.61. The van der Waals surface area contributed by atoms with E-state index in [1.165, 1.54) is 4.90 Å². The minimum Gasteiger partial charge on any atom is -0.350 e. The van der Waals surface area contributed by atoms with E-state index in [0.29, 0.717) is 5.69 Å². The van der Waals surface area contributed by atoms with Gasteiger partial charge in [0.1, 0.15) is 5.69 Å². The molecule has 0 aliphatic heterocycles. The van der Waals surface area contributed by atoms with Gasteiger partial charge in [-0.2, -0.15) is 0 Å². The van der Waals surface area contributed by atoms with Gasteiger partial charge in [0.25, 0.3) is 5.91 Å². The average molecular weight is 278 g/mol. The van der Waals surface area contributed by atoms with E-state index in [0.717, 1.165) is 11.3 Å². The first-order valence-corrected chi connectivity index (χ1v) is 6.61. The van der Waals surface area contributed by atoms with E-state index in [9.17, 15) is 4.79 Å². The van der Waals surface area contributed by atoms with Crippen molar-refractivity contribution in [2.24, 2.45) is 0 Å². The van der Waals surface area contributed by atoms with Crippen LogP contribution in [-0.4, -0.2) is 18.1 Å². The number of aromatic nitrogens is 1. The van der Waals surface area contributed by atoms with E-state index >= 15 is 0 Å². The number of hydrogen-bond donors (Lipinski definition) is 0. The number of anilines is 1. The van der Waals surface area contributed by atoms with Crippen LogP contribution in [0.3, 0.4) is 0 Å². The van der Waals surface area contributed by atoms with Crippen LogP contribution in [0.25, 0.3) is 11.3 Å². The highest BCUT2D eigenvalue weighted by Gasteiger charge is 2.19. The van der Waals surface area contributed by atoms with E-state index in [1.54, 1.807) is 13.1 Å². The van der Waals surface area contributed by atoms with E-state index in [1.807, 2.05) is 60.7 Å². The number of amides is 1. The number of hydrogen-bond acceptors (Lipinski definition) is 3. The standard InChI is InChI=1S/C17H14N2O2/c1-19(14-10-6-3-7-11-14)17(20)16-12-15(18-21-16)13-8-4-2-5-9-13/h2-12H,1H3. The van der Waals surface area contributed by atoms with Gasteiger partial charge in [0.2, 0.25) is 5.76 Å². The summed E-state index contributed by atoms with van der Waals surface area (Å²) in [5, 5.41) is 3.96. The van der Waals surface area contributed by atoms with E-state index in [-0.39, 0.29) is 11.7 Å². The van der Waals surface area contributed by atoms with Crippen molar-refractivity contribution < 1.29 is 9.32 Å². The van der Waals surface area contributed by atoms with Crippen molar-refractivity contribution in [3.8, 4) is 11.3 Å². The van der Waals surface area contributed by atoms with Crippen molar-refractivity contribution in [1.29, 1.82) is 0 Å². The van der Waals surface area contributed by atoms with Crippen molar-refractivity contribution in [1.82, 2.24) is 5.16 Å². The maximum absolute atomic E-state index is 12.4. The zero-order valence-corrected chi connectivity index (χ0v) is 11.6. The third kappa shape index (κ3) is 2.69. The molecule has 1 heterocycles. The zero-order chi connectivity index (χ0) is 14.7. The predicted octanol–water partition coefficient (Wildman–Crippen LogP) is 3.62. The molecule has 21 heavy (non-hydrogen) atoms. The molecule has 104 valence electrons. The molecule has 3 rings (SSSR count). The van der Waals surface area contributed by atoms with Gasteiger partial charge in [-0.05, 0) is 12.1 Å². The molecule has 1 amide bonds. The molecule has 0 bridgehead atoms. The van der Waals surface area contributed by atoms with Crippen LogP contribution >= 0.6 is 0 Å². The fourth-order valence-corrected chi connectivity index (χ4v) is 2.06. The van der Waals surface area contributed by atoms with Gasteiger partial charge in [-0.25, -0.2) is 0 Å². The topological polar surface area (TPSA) is 46.3 Å². The molecule has 4 nitrogen and oxygen atoms in total. The van der Waals surface area contributed by atoms with Crippen molar-refractivity contribution >= 4 is 11.6 Å². The molecule has 4 heteroatoms. The van der Waals surface area contributed by atoms with Crippen LogP contribution in [0.2, 0.25) is 0 Å². The molecule has 0 saturated carbocycles. The lowest BCUT2D eigenvalue weighted by Crippen LogP contribution is -2.25. The lowest BCUT2D eigenvalue weighted by molar-refractivity contribution is 0.0957. The summed E-state index contributed by atoms with van der Waals surface area (Å²) in [5.74, 6) is -0.00362. The van der Waals surface area contributed by atoms with Crippen molar-refractivity contribution in [3.05, 3.63) is 72.5 Å². The number of rotatable bonds is 3. The lowest BCUT2D eigenvalue weighted by Gasteiger charge is -2.14. The van der Waals surface area contributed by atoms with Gasteiger partial charge in [0, 0.05) is 24.4 Å². The smallest absolute Gasteiger partial charge is 0.296 e. The third-order valence-corrected chi connectivity index (χ3v) is 3.24.